The third kappa shape index (κ3) is 5.74. The number of aliphatic hydroxyl groups is 2. The Labute approximate surface area is 219 Å². The average Bonchev–Trinajstić information content (AvgIpc) is 3.53. The van der Waals surface area contributed by atoms with Crippen molar-refractivity contribution >= 4 is 0 Å². The zero-order chi connectivity index (χ0) is 26.6. The molecule has 4 fully saturated rings. The summed E-state index contributed by atoms with van der Waals surface area (Å²) in [5.41, 5.74) is -1.49. The van der Waals surface area contributed by atoms with Gasteiger partial charge in [0.05, 0.1) is 58.5 Å². The number of hydrogen-bond acceptors (Lipinski definition) is 6. The number of ether oxygens (including phenoxy) is 4. The minimum atomic E-state index is -0.841. The third-order valence-electron chi connectivity index (χ3n) is 9.69. The molecule has 0 aliphatic carbocycles. The van der Waals surface area contributed by atoms with Crippen molar-refractivity contribution in [2.75, 3.05) is 0 Å². The standard InChI is InChI=1S/C30H52O6/c1-20(2)10-9-16-27(5,32)22-14-18-28(6,35-22)23-11-12-24(33-23)29(7)19-15-25(36-29)30(8)17-13-21(34-30)26(3,4)31/h10,21-25,31-32H,9,11-19H2,1-8H3/t21-,22+,23+,24-,25-,27-,28-,29+,30+/m0/s1. The Kier molecular flexibility index (Phi) is 7.85. The Morgan fingerprint density at radius 3 is 1.81 bits per heavy atom. The molecule has 0 saturated carbocycles. The molecule has 6 heteroatoms. The minimum absolute atomic E-state index is 0.0103. The molecule has 4 saturated heterocycles. The molecule has 0 amide bonds. The summed E-state index contributed by atoms with van der Waals surface area (Å²) in [5, 5.41) is 21.6. The van der Waals surface area contributed by atoms with Crippen molar-refractivity contribution in [2.45, 2.75) is 178 Å². The molecular weight excluding hydrogens is 456 g/mol. The van der Waals surface area contributed by atoms with E-state index in [0.717, 1.165) is 57.8 Å². The zero-order valence-corrected chi connectivity index (χ0v) is 24.1. The van der Waals surface area contributed by atoms with Crippen LogP contribution in [0.1, 0.15) is 120 Å². The number of rotatable bonds is 8. The SMILES string of the molecule is CC(C)=CCC[C@](C)(O)[C@H]1CC[C@@](C)([C@H]2CC[C@@H]([C@@]3(C)CC[C@@H]([C@@]4(C)CC[C@@H](C(C)(C)O)O4)O3)O2)O1. The van der Waals surface area contributed by atoms with Gasteiger partial charge in [-0.1, -0.05) is 11.6 Å². The first-order valence-electron chi connectivity index (χ1n) is 14.3. The molecule has 0 radical (unpaired) electrons. The Morgan fingerprint density at radius 1 is 0.750 bits per heavy atom. The molecule has 4 aliphatic rings. The Morgan fingerprint density at radius 2 is 1.25 bits per heavy atom. The van der Waals surface area contributed by atoms with Crippen LogP contribution in [0.5, 0.6) is 0 Å². The van der Waals surface area contributed by atoms with Crippen LogP contribution < -0.4 is 0 Å². The molecular formula is C30H52O6. The van der Waals surface area contributed by atoms with Gasteiger partial charge in [-0.2, -0.15) is 0 Å². The fourth-order valence-corrected chi connectivity index (χ4v) is 7.01. The molecule has 4 heterocycles. The maximum Gasteiger partial charge on any atom is 0.0921 e. The topological polar surface area (TPSA) is 77.4 Å². The van der Waals surface area contributed by atoms with Gasteiger partial charge < -0.3 is 29.2 Å². The maximum absolute atomic E-state index is 11.2. The monoisotopic (exact) mass is 508 g/mol. The van der Waals surface area contributed by atoms with E-state index in [-0.39, 0.29) is 47.3 Å². The summed E-state index contributed by atoms with van der Waals surface area (Å²) in [6.45, 7) is 16.3. The van der Waals surface area contributed by atoms with E-state index in [1.165, 1.54) is 5.57 Å². The fourth-order valence-electron chi connectivity index (χ4n) is 7.01. The quantitative estimate of drug-likeness (QED) is 0.415. The Balaban J connectivity index is 1.33. The van der Waals surface area contributed by atoms with Crippen LogP contribution in [0, 0.1) is 0 Å². The van der Waals surface area contributed by atoms with Gasteiger partial charge in [-0.15, -0.1) is 0 Å². The highest BCUT2D eigenvalue weighted by molar-refractivity contribution is 5.06. The molecule has 0 aromatic carbocycles. The second kappa shape index (κ2) is 9.91. The first-order valence-corrected chi connectivity index (χ1v) is 14.3. The second-order valence-electron chi connectivity index (χ2n) is 13.9. The van der Waals surface area contributed by atoms with Crippen LogP contribution in [0.3, 0.4) is 0 Å². The van der Waals surface area contributed by atoms with Crippen LogP contribution in [0.25, 0.3) is 0 Å². The normalized spacial score (nSPS) is 45.2. The predicted molar refractivity (Wildman–Crippen MR) is 141 cm³/mol. The van der Waals surface area contributed by atoms with E-state index in [1.54, 1.807) is 0 Å². The molecule has 4 rings (SSSR count). The molecule has 4 aliphatic heterocycles. The molecule has 0 spiro atoms. The second-order valence-corrected chi connectivity index (χ2v) is 13.9. The van der Waals surface area contributed by atoms with E-state index in [2.05, 4.69) is 40.7 Å². The maximum atomic E-state index is 11.2. The summed E-state index contributed by atoms with van der Waals surface area (Å²) in [7, 11) is 0. The highest BCUT2D eigenvalue weighted by Crippen LogP contribution is 2.50. The third-order valence-corrected chi connectivity index (χ3v) is 9.69. The minimum Gasteiger partial charge on any atom is -0.388 e. The average molecular weight is 509 g/mol. The van der Waals surface area contributed by atoms with Crippen LogP contribution in [0.15, 0.2) is 11.6 Å². The first-order chi connectivity index (χ1) is 16.6. The predicted octanol–water partition coefficient (Wildman–Crippen LogP) is 5.62. The van der Waals surface area contributed by atoms with Crippen molar-refractivity contribution in [1.82, 2.24) is 0 Å². The fraction of sp³-hybridized carbons (Fsp3) is 0.933. The molecule has 0 aromatic rings. The van der Waals surface area contributed by atoms with Crippen molar-refractivity contribution in [3.63, 3.8) is 0 Å². The molecule has 9 atom stereocenters. The lowest BCUT2D eigenvalue weighted by atomic mass is 9.88. The van der Waals surface area contributed by atoms with Crippen LogP contribution in [0.4, 0.5) is 0 Å². The van der Waals surface area contributed by atoms with Crippen molar-refractivity contribution < 1.29 is 29.2 Å². The van der Waals surface area contributed by atoms with Crippen LogP contribution in [-0.2, 0) is 18.9 Å². The van der Waals surface area contributed by atoms with Gasteiger partial charge in [-0.25, -0.2) is 0 Å². The highest BCUT2D eigenvalue weighted by atomic mass is 16.6. The molecule has 6 nitrogen and oxygen atoms in total. The van der Waals surface area contributed by atoms with Crippen molar-refractivity contribution in [3.05, 3.63) is 11.6 Å². The van der Waals surface area contributed by atoms with Crippen molar-refractivity contribution in [3.8, 4) is 0 Å². The van der Waals surface area contributed by atoms with E-state index < -0.39 is 11.2 Å². The smallest absolute Gasteiger partial charge is 0.0921 e. The molecule has 0 unspecified atom stereocenters. The van der Waals surface area contributed by atoms with Gasteiger partial charge in [0.2, 0.25) is 0 Å². The van der Waals surface area contributed by atoms with Gasteiger partial charge in [-0.3, -0.25) is 0 Å². The first kappa shape index (κ1) is 28.5. The number of hydrogen-bond donors (Lipinski definition) is 2. The van der Waals surface area contributed by atoms with E-state index in [1.807, 2.05) is 20.8 Å². The van der Waals surface area contributed by atoms with E-state index in [4.69, 9.17) is 18.9 Å². The Hall–Kier alpha value is -0.500. The van der Waals surface area contributed by atoms with Gasteiger partial charge >= 0.3 is 0 Å². The highest BCUT2D eigenvalue weighted by Gasteiger charge is 2.57. The molecule has 208 valence electrons. The summed E-state index contributed by atoms with van der Waals surface area (Å²) in [5.74, 6) is 0. The molecule has 0 aromatic heterocycles. The summed E-state index contributed by atoms with van der Waals surface area (Å²) in [6, 6.07) is 0. The summed E-state index contributed by atoms with van der Waals surface area (Å²) >= 11 is 0. The van der Waals surface area contributed by atoms with Gasteiger partial charge in [-0.05, 0) is 120 Å². The summed E-state index contributed by atoms with van der Waals surface area (Å²) in [4.78, 5) is 0. The lowest BCUT2D eigenvalue weighted by Crippen LogP contribution is -2.48. The van der Waals surface area contributed by atoms with Gasteiger partial charge in [0.15, 0.2) is 0 Å². The lowest BCUT2D eigenvalue weighted by molar-refractivity contribution is -0.209. The summed E-state index contributed by atoms with van der Waals surface area (Å²) < 4.78 is 26.4. The Bertz CT molecular complexity index is 813. The molecule has 0 bridgehead atoms. The van der Waals surface area contributed by atoms with E-state index in [0.29, 0.717) is 6.42 Å². The van der Waals surface area contributed by atoms with Crippen molar-refractivity contribution in [1.29, 1.82) is 0 Å². The number of allylic oxidation sites excluding steroid dienone is 2. The van der Waals surface area contributed by atoms with Crippen molar-refractivity contribution in [2.24, 2.45) is 0 Å². The molecule has 2 N–H and O–H groups in total. The largest absolute Gasteiger partial charge is 0.388 e. The van der Waals surface area contributed by atoms with E-state index in [9.17, 15) is 10.2 Å². The van der Waals surface area contributed by atoms with Gasteiger partial charge in [0.1, 0.15) is 0 Å². The van der Waals surface area contributed by atoms with Crippen LogP contribution >= 0.6 is 0 Å². The van der Waals surface area contributed by atoms with Gasteiger partial charge in [0, 0.05) is 0 Å². The molecule has 36 heavy (non-hydrogen) atoms. The zero-order valence-electron chi connectivity index (χ0n) is 24.1. The van der Waals surface area contributed by atoms with Crippen LogP contribution in [-0.4, -0.2) is 68.7 Å². The van der Waals surface area contributed by atoms with Gasteiger partial charge in [0.25, 0.3) is 0 Å². The summed E-state index contributed by atoms with van der Waals surface area (Å²) in [6.07, 6.45) is 10.8. The van der Waals surface area contributed by atoms with E-state index >= 15 is 0 Å². The lowest BCUT2D eigenvalue weighted by Gasteiger charge is -2.38. The van der Waals surface area contributed by atoms with Crippen LogP contribution in [0.2, 0.25) is 0 Å².